The average Bonchev–Trinajstić information content (AvgIpc) is 2.39. The first-order chi connectivity index (χ1) is 9.16. The summed E-state index contributed by atoms with van der Waals surface area (Å²) in [4.78, 5) is 14.1. The van der Waals surface area contributed by atoms with E-state index in [9.17, 15) is 10.1 Å². The number of pyridine rings is 1. The molecule has 7 heteroatoms. The monoisotopic (exact) mass is 265 g/mol. The normalized spacial score (nSPS) is 19.1. The van der Waals surface area contributed by atoms with Gasteiger partial charge >= 0.3 is 5.69 Å². The molecule has 0 amide bonds. The molecule has 0 bridgehead atoms. The van der Waals surface area contributed by atoms with Crippen molar-refractivity contribution in [2.24, 2.45) is 5.92 Å². The summed E-state index contributed by atoms with van der Waals surface area (Å²) in [5, 5.41) is 17.1. The molecular formula is C12H19N5O2. The summed E-state index contributed by atoms with van der Waals surface area (Å²) in [5.74, 6) is 1.23. The minimum absolute atomic E-state index is 0.0469. The fourth-order valence-electron chi connectivity index (χ4n) is 2.30. The third kappa shape index (κ3) is 3.78. The van der Waals surface area contributed by atoms with E-state index in [0.29, 0.717) is 11.7 Å². The Labute approximate surface area is 111 Å². The molecule has 2 rings (SSSR count). The predicted molar refractivity (Wildman–Crippen MR) is 74.0 cm³/mol. The molecule has 2 heterocycles. The summed E-state index contributed by atoms with van der Waals surface area (Å²) in [5.41, 5.74) is 5.38. The number of hydrogen-bond acceptors (Lipinski definition) is 6. The molecule has 104 valence electrons. The lowest BCUT2D eigenvalue weighted by Gasteiger charge is -2.22. The molecule has 4 N–H and O–H groups in total. The number of hydrogen-bond donors (Lipinski definition) is 3. The van der Waals surface area contributed by atoms with Crippen molar-refractivity contribution in [3.63, 3.8) is 0 Å². The van der Waals surface area contributed by atoms with Crippen LogP contribution in [0.4, 0.5) is 17.3 Å². The van der Waals surface area contributed by atoms with Crippen molar-refractivity contribution in [3.8, 4) is 0 Å². The second-order valence-electron chi connectivity index (χ2n) is 4.79. The third-order valence-electron chi connectivity index (χ3n) is 3.36. The number of nitro groups is 1. The van der Waals surface area contributed by atoms with E-state index in [1.807, 2.05) is 0 Å². The van der Waals surface area contributed by atoms with Crippen LogP contribution < -0.4 is 16.4 Å². The maximum atomic E-state index is 10.6. The number of nitrogens with zero attached hydrogens (tertiary/aromatic N) is 2. The average molecular weight is 265 g/mol. The van der Waals surface area contributed by atoms with E-state index in [-0.39, 0.29) is 11.5 Å². The van der Waals surface area contributed by atoms with E-state index in [2.05, 4.69) is 15.6 Å². The second kappa shape index (κ2) is 6.33. The van der Waals surface area contributed by atoms with Crippen molar-refractivity contribution in [3.05, 3.63) is 22.2 Å². The largest absolute Gasteiger partial charge is 0.378 e. The Morgan fingerprint density at radius 3 is 3.05 bits per heavy atom. The van der Waals surface area contributed by atoms with Gasteiger partial charge in [-0.05, 0) is 44.3 Å². The topological polar surface area (TPSA) is 106 Å². The molecule has 0 radical (unpaired) electrons. The highest BCUT2D eigenvalue weighted by Crippen LogP contribution is 2.21. The Hall–Kier alpha value is -1.89. The van der Waals surface area contributed by atoms with Gasteiger partial charge in [-0.1, -0.05) is 0 Å². The molecule has 0 aliphatic carbocycles. The molecule has 1 aliphatic rings. The number of piperidine rings is 1. The van der Waals surface area contributed by atoms with E-state index in [1.54, 1.807) is 6.07 Å². The summed E-state index contributed by atoms with van der Waals surface area (Å²) in [6.07, 6.45) is 3.55. The Morgan fingerprint density at radius 1 is 1.58 bits per heavy atom. The van der Waals surface area contributed by atoms with Crippen molar-refractivity contribution in [1.82, 2.24) is 10.3 Å². The van der Waals surface area contributed by atoms with Gasteiger partial charge in [0.15, 0.2) is 0 Å². The Balaban J connectivity index is 1.82. The zero-order chi connectivity index (χ0) is 13.7. The number of anilines is 2. The van der Waals surface area contributed by atoms with Crippen molar-refractivity contribution < 1.29 is 4.92 Å². The lowest BCUT2D eigenvalue weighted by atomic mass is 9.96. The molecule has 0 saturated carbocycles. The van der Waals surface area contributed by atoms with Crippen molar-refractivity contribution in [2.75, 3.05) is 30.7 Å². The van der Waals surface area contributed by atoms with Crippen LogP contribution >= 0.6 is 0 Å². The van der Waals surface area contributed by atoms with Crippen LogP contribution in [0, 0.1) is 16.0 Å². The first-order valence-corrected chi connectivity index (χ1v) is 6.52. The summed E-state index contributed by atoms with van der Waals surface area (Å²) in [7, 11) is 0. The lowest BCUT2D eigenvalue weighted by molar-refractivity contribution is -0.384. The van der Waals surface area contributed by atoms with Gasteiger partial charge in [-0.15, -0.1) is 0 Å². The number of nitrogen functional groups attached to an aromatic ring is 1. The lowest BCUT2D eigenvalue weighted by Crippen LogP contribution is -2.30. The zero-order valence-electron chi connectivity index (χ0n) is 10.8. The molecule has 7 nitrogen and oxygen atoms in total. The smallest absolute Gasteiger partial charge is 0.311 e. The van der Waals surface area contributed by atoms with E-state index < -0.39 is 4.92 Å². The van der Waals surface area contributed by atoms with Gasteiger partial charge in [-0.25, -0.2) is 4.98 Å². The molecule has 1 unspecified atom stereocenters. The number of nitrogens with two attached hydrogens (primary N) is 1. The maximum absolute atomic E-state index is 10.6. The van der Waals surface area contributed by atoms with Crippen molar-refractivity contribution in [1.29, 1.82) is 0 Å². The van der Waals surface area contributed by atoms with E-state index in [4.69, 9.17) is 5.73 Å². The molecule has 1 atom stereocenters. The zero-order valence-corrected chi connectivity index (χ0v) is 10.8. The summed E-state index contributed by atoms with van der Waals surface area (Å²) < 4.78 is 0. The van der Waals surface area contributed by atoms with Crippen molar-refractivity contribution in [2.45, 2.75) is 19.3 Å². The third-order valence-corrected chi connectivity index (χ3v) is 3.36. The van der Waals surface area contributed by atoms with Gasteiger partial charge in [0.25, 0.3) is 0 Å². The van der Waals surface area contributed by atoms with Crippen LogP contribution in [-0.2, 0) is 0 Å². The molecule has 1 aliphatic heterocycles. The van der Waals surface area contributed by atoms with E-state index >= 15 is 0 Å². The molecule has 1 saturated heterocycles. The SMILES string of the molecule is Nc1nc(NCCC2CCCNC2)ccc1[N+](=O)[O-]. The fraction of sp³-hybridized carbons (Fsp3) is 0.583. The highest BCUT2D eigenvalue weighted by molar-refractivity contribution is 5.57. The number of nitrogens with one attached hydrogen (secondary N) is 2. The van der Waals surface area contributed by atoms with E-state index in [1.165, 1.54) is 18.9 Å². The second-order valence-corrected chi connectivity index (χ2v) is 4.79. The van der Waals surface area contributed by atoms with E-state index in [0.717, 1.165) is 26.1 Å². The van der Waals surface area contributed by atoms with Crippen LogP contribution in [0.15, 0.2) is 12.1 Å². The Morgan fingerprint density at radius 2 is 2.42 bits per heavy atom. The van der Waals surface area contributed by atoms with Gasteiger partial charge in [-0.2, -0.15) is 0 Å². The molecule has 1 fully saturated rings. The quantitative estimate of drug-likeness (QED) is 0.548. The standard InChI is InChI=1S/C12H19N5O2/c13-12-10(17(18)19)3-4-11(16-12)15-7-5-9-2-1-6-14-8-9/h3-4,9,14H,1-2,5-8H2,(H3,13,15,16). The van der Waals surface area contributed by atoms with Crippen LogP contribution in [0.1, 0.15) is 19.3 Å². The minimum Gasteiger partial charge on any atom is -0.378 e. The maximum Gasteiger partial charge on any atom is 0.311 e. The van der Waals surface area contributed by atoms with Crippen LogP contribution in [0.25, 0.3) is 0 Å². The van der Waals surface area contributed by atoms with Crippen molar-refractivity contribution >= 4 is 17.3 Å². The Kier molecular flexibility index (Phi) is 4.51. The molecular weight excluding hydrogens is 246 g/mol. The first kappa shape index (κ1) is 13.5. The first-order valence-electron chi connectivity index (χ1n) is 6.52. The summed E-state index contributed by atoms with van der Waals surface area (Å²) in [6, 6.07) is 2.97. The molecule has 19 heavy (non-hydrogen) atoms. The molecule has 0 aromatic carbocycles. The van der Waals surface area contributed by atoms with Gasteiger partial charge in [0.1, 0.15) is 5.82 Å². The van der Waals surface area contributed by atoms with Gasteiger partial charge in [0.05, 0.1) is 4.92 Å². The fourth-order valence-corrected chi connectivity index (χ4v) is 2.30. The van der Waals surface area contributed by atoms with Crippen LogP contribution in [0.2, 0.25) is 0 Å². The van der Waals surface area contributed by atoms with Gasteiger partial charge < -0.3 is 16.4 Å². The molecule has 1 aromatic rings. The summed E-state index contributed by atoms with van der Waals surface area (Å²) >= 11 is 0. The van der Waals surface area contributed by atoms with Gasteiger partial charge in [0.2, 0.25) is 5.82 Å². The van der Waals surface area contributed by atoms with Gasteiger partial charge in [0, 0.05) is 12.6 Å². The number of rotatable bonds is 5. The molecule has 0 spiro atoms. The minimum atomic E-state index is -0.528. The van der Waals surface area contributed by atoms with Crippen LogP contribution in [0.3, 0.4) is 0 Å². The summed E-state index contributed by atoms with van der Waals surface area (Å²) in [6.45, 7) is 2.98. The predicted octanol–water partition coefficient (Wildman–Crippen LogP) is 1.37. The Bertz CT molecular complexity index is 446. The number of aromatic nitrogens is 1. The highest BCUT2D eigenvalue weighted by atomic mass is 16.6. The highest BCUT2D eigenvalue weighted by Gasteiger charge is 2.14. The van der Waals surface area contributed by atoms with Crippen LogP contribution in [0.5, 0.6) is 0 Å². The van der Waals surface area contributed by atoms with Gasteiger partial charge in [-0.3, -0.25) is 10.1 Å². The van der Waals surface area contributed by atoms with Crippen LogP contribution in [-0.4, -0.2) is 29.5 Å². The molecule has 1 aromatic heterocycles.